The van der Waals surface area contributed by atoms with Crippen LogP contribution in [0.2, 0.25) is 0 Å². The molecule has 29 heavy (non-hydrogen) atoms. The van der Waals surface area contributed by atoms with E-state index < -0.39 is 10.0 Å². The number of rotatable bonds is 10. The van der Waals surface area contributed by atoms with Crippen molar-refractivity contribution in [1.29, 1.82) is 0 Å². The molecule has 0 amide bonds. The molecule has 2 aromatic carbocycles. The lowest BCUT2D eigenvalue weighted by Crippen LogP contribution is -2.22. The lowest BCUT2D eigenvalue weighted by atomic mass is 10.1. The van der Waals surface area contributed by atoms with Crippen molar-refractivity contribution in [2.75, 3.05) is 27.8 Å². The maximum absolute atomic E-state index is 12.4. The number of nitrogens with zero attached hydrogens (tertiary/aromatic N) is 1. The lowest BCUT2D eigenvalue weighted by molar-refractivity contribution is 0.104. The van der Waals surface area contributed by atoms with Gasteiger partial charge in [-0.1, -0.05) is 25.5 Å². The number of benzene rings is 2. The molecule has 0 aliphatic carbocycles. The zero-order valence-electron chi connectivity index (χ0n) is 17.2. The quantitative estimate of drug-likeness (QED) is 0.332. The fourth-order valence-corrected chi connectivity index (χ4v) is 3.41. The van der Waals surface area contributed by atoms with Crippen LogP contribution < -0.4 is 9.47 Å². The van der Waals surface area contributed by atoms with Crippen LogP contribution in [-0.4, -0.2) is 46.3 Å². The van der Waals surface area contributed by atoms with E-state index in [0.717, 1.165) is 22.7 Å². The van der Waals surface area contributed by atoms with Crippen molar-refractivity contribution in [3.63, 3.8) is 0 Å². The minimum absolute atomic E-state index is 0.145. The summed E-state index contributed by atoms with van der Waals surface area (Å²) in [7, 11) is 0.996. The summed E-state index contributed by atoms with van der Waals surface area (Å²) in [6.45, 7) is 2.69. The van der Waals surface area contributed by atoms with Crippen LogP contribution in [0.15, 0.2) is 53.4 Å². The molecule has 2 rings (SSSR count). The number of unbranched alkanes of at least 4 members (excludes halogenated alkanes) is 1. The summed E-state index contributed by atoms with van der Waals surface area (Å²) in [6.07, 6.45) is 5.12. The van der Waals surface area contributed by atoms with Gasteiger partial charge in [0.05, 0.1) is 18.6 Å². The molecule has 0 spiro atoms. The molecule has 0 aromatic heterocycles. The smallest absolute Gasteiger partial charge is 0.242 e. The van der Waals surface area contributed by atoms with Crippen LogP contribution in [0.5, 0.6) is 11.5 Å². The van der Waals surface area contributed by atoms with Crippen molar-refractivity contribution in [2.24, 2.45) is 0 Å². The number of hydrogen-bond donors (Lipinski definition) is 0. The predicted molar refractivity (Wildman–Crippen MR) is 114 cm³/mol. The molecule has 0 N–H and O–H groups in total. The second kappa shape index (κ2) is 10.2. The van der Waals surface area contributed by atoms with Gasteiger partial charge in [0.25, 0.3) is 0 Å². The number of allylic oxidation sites excluding steroid dienone is 1. The molecule has 0 saturated heterocycles. The van der Waals surface area contributed by atoms with Gasteiger partial charge in [0, 0.05) is 19.7 Å². The van der Waals surface area contributed by atoms with E-state index in [9.17, 15) is 13.2 Å². The molecule has 6 nitrogen and oxygen atoms in total. The number of ketones is 1. The molecule has 0 atom stereocenters. The molecular weight excluding hydrogens is 390 g/mol. The molecule has 0 bridgehead atoms. The van der Waals surface area contributed by atoms with Crippen molar-refractivity contribution in [1.82, 2.24) is 4.31 Å². The number of sulfonamides is 1. The summed E-state index contributed by atoms with van der Waals surface area (Å²) in [6, 6.07) is 11.3. The van der Waals surface area contributed by atoms with Crippen molar-refractivity contribution in [3.05, 3.63) is 59.7 Å². The van der Waals surface area contributed by atoms with E-state index in [1.807, 2.05) is 12.1 Å². The first-order chi connectivity index (χ1) is 13.8. The molecule has 7 heteroatoms. The van der Waals surface area contributed by atoms with Crippen molar-refractivity contribution >= 4 is 21.9 Å². The minimum atomic E-state index is -3.52. The maximum Gasteiger partial charge on any atom is 0.242 e. The van der Waals surface area contributed by atoms with E-state index in [-0.39, 0.29) is 10.7 Å². The van der Waals surface area contributed by atoms with Crippen molar-refractivity contribution in [3.8, 4) is 11.5 Å². The number of carbonyl (C=O) groups excluding carboxylic acids is 1. The highest BCUT2D eigenvalue weighted by atomic mass is 32.2. The van der Waals surface area contributed by atoms with E-state index in [4.69, 9.17) is 9.47 Å². The van der Waals surface area contributed by atoms with Gasteiger partial charge in [0.15, 0.2) is 17.3 Å². The van der Waals surface area contributed by atoms with Gasteiger partial charge >= 0.3 is 0 Å². The molecule has 0 heterocycles. The van der Waals surface area contributed by atoms with Gasteiger partial charge in [-0.05, 0) is 54.5 Å². The average molecular weight is 418 g/mol. The first-order valence-electron chi connectivity index (χ1n) is 9.35. The third-order valence-corrected chi connectivity index (χ3v) is 6.12. The van der Waals surface area contributed by atoms with Gasteiger partial charge < -0.3 is 9.47 Å². The highest BCUT2D eigenvalue weighted by Crippen LogP contribution is 2.29. The van der Waals surface area contributed by atoms with Gasteiger partial charge in [-0.15, -0.1) is 0 Å². The second-order valence-electron chi connectivity index (χ2n) is 6.62. The molecule has 0 radical (unpaired) electrons. The Hall–Kier alpha value is -2.64. The van der Waals surface area contributed by atoms with E-state index in [2.05, 4.69) is 6.92 Å². The lowest BCUT2D eigenvalue weighted by Gasteiger charge is -2.11. The fraction of sp³-hybridized carbons (Fsp3) is 0.318. The first kappa shape index (κ1) is 22.6. The van der Waals surface area contributed by atoms with Crippen LogP contribution in [0.25, 0.3) is 6.08 Å². The highest BCUT2D eigenvalue weighted by molar-refractivity contribution is 7.89. The Balaban J connectivity index is 2.15. The molecule has 156 valence electrons. The van der Waals surface area contributed by atoms with Gasteiger partial charge in [-0.3, -0.25) is 4.79 Å². The van der Waals surface area contributed by atoms with Crippen LogP contribution in [-0.2, 0) is 10.0 Å². The first-order valence-corrected chi connectivity index (χ1v) is 10.8. The Kier molecular flexibility index (Phi) is 7.99. The highest BCUT2D eigenvalue weighted by Gasteiger charge is 2.17. The summed E-state index contributed by atoms with van der Waals surface area (Å²) >= 11 is 0. The molecule has 0 unspecified atom stereocenters. The van der Waals surface area contributed by atoms with E-state index >= 15 is 0 Å². The zero-order valence-corrected chi connectivity index (χ0v) is 18.0. The number of methoxy groups -OCH3 is 1. The summed E-state index contributed by atoms with van der Waals surface area (Å²) in [5.41, 5.74) is 1.21. The SMILES string of the molecule is CCCCOc1cc(/C=C/C(=O)c2ccc(S(=O)(=O)N(C)C)cc2)ccc1OC. The van der Waals surface area contributed by atoms with Gasteiger partial charge in [0.2, 0.25) is 10.0 Å². The van der Waals surface area contributed by atoms with Crippen LogP contribution in [0.4, 0.5) is 0 Å². The Morgan fingerprint density at radius 3 is 2.34 bits per heavy atom. The van der Waals surface area contributed by atoms with Crippen LogP contribution in [0.1, 0.15) is 35.7 Å². The van der Waals surface area contributed by atoms with Gasteiger partial charge in [-0.2, -0.15) is 0 Å². The van der Waals surface area contributed by atoms with Crippen LogP contribution in [0, 0.1) is 0 Å². The Bertz CT molecular complexity index is 963. The summed E-state index contributed by atoms with van der Waals surface area (Å²) < 4.78 is 36.4. The average Bonchev–Trinajstić information content (AvgIpc) is 2.72. The molecule has 0 aliphatic rings. The van der Waals surface area contributed by atoms with Gasteiger partial charge in [0.1, 0.15) is 0 Å². The van der Waals surface area contributed by atoms with E-state index in [1.165, 1.54) is 44.4 Å². The fourth-order valence-electron chi connectivity index (χ4n) is 2.51. The third-order valence-electron chi connectivity index (χ3n) is 4.29. The summed E-state index contributed by atoms with van der Waals surface area (Å²) in [5.74, 6) is 1.05. The molecule has 0 saturated carbocycles. The third kappa shape index (κ3) is 5.92. The summed E-state index contributed by atoms with van der Waals surface area (Å²) in [4.78, 5) is 12.6. The zero-order chi connectivity index (χ0) is 21.4. The monoisotopic (exact) mass is 417 g/mol. The number of ether oxygens (including phenoxy) is 2. The Labute approximate surface area is 172 Å². The standard InChI is InChI=1S/C22H27NO5S/c1-5-6-15-28-22-16-17(8-14-21(22)27-4)7-13-20(24)18-9-11-19(12-10-18)29(25,26)23(2)3/h7-14,16H,5-6,15H2,1-4H3/b13-7+. The van der Waals surface area contributed by atoms with Crippen LogP contribution in [0.3, 0.4) is 0 Å². The molecule has 0 fully saturated rings. The van der Waals surface area contributed by atoms with Crippen molar-refractivity contribution in [2.45, 2.75) is 24.7 Å². The second-order valence-corrected chi connectivity index (χ2v) is 8.77. The topological polar surface area (TPSA) is 72.9 Å². The van der Waals surface area contributed by atoms with E-state index in [1.54, 1.807) is 19.3 Å². The maximum atomic E-state index is 12.4. The minimum Gasteiger partial charge on any atom is -0.493 e. The molecule has 0 aliphatic heterocycles. The number of hydrogen-bond acceptors (Lipinski definition) is 5. The predicted octanol–water partition coefficient (Wildman–Crippen LogP) is 4.02. The van der Waals surface area contributed by atoms with Crippen molar-refractivity contribution < 1.29 is 22.7 Å². The van der Waals surface area contributed by atoms with E-state index in [0.29, 0.717) is 23.7 Å². The Morgan fingerprint density at radius 1 is 1.07 bits per heavy atom. The largest absolute Gasteiger partial charge is 0.493 e. The Morgan fingerprint density at radius 2 is 1.76 bits per heavy atom. The normalized spacial score (nSPS) is 11.8. The molecule has 2 aromatic rings. The van der Waals surface area contributed by atoms with Crippen LogP contribution >= 0.6 is 0 Å². The summed E-state index contributed by atoms with van der Waals surface area (Å²) in [5, 5.41) is 0. The molecular formula is C22H27NO5S. The van der Waals surface area contributed by atoms with Gasteiger partial charge in [-0.25, -0.2) is 12.7 Å². The number of carbonyl (C=O) groups is 1.